The Morgan fingerprint density at radius 2 is 2.07 bits per heavy atom. The number of furan rings is 1. The van der Waals surface area contributed by atoms with Gasteiger partial charge in [0.25, 0.3) is 5.91 Å². The molecule has 2 heterocycles. The number of hydrogen-bond acceptors (Lipinski definition) is 4. The Morgan fingerprint density at radius 3 is 2.57 bits per heavy atom. The molecule has 0 aromatic carbocycles. The van der Waals surface area contributed by atoms with Crippen LogP contribution in [-0.4, -0.2) is 46.3 Å². The fourth-order valence-corrected chi connectivity index (χ4v) is 1.49. The van der Waals surface area contributed by atoms with Crippen molar-refractivity contribution < 1.29 is 19.4 Å². The summed E-state index contributed by atoms with van der Waals surface area (Å²) in [5.74, 6) is -0.0723. The monoisotopic (exact) mass is 197 g/mol. The first kappa shape index (κ1) is 9.23. The molecule has 5 nitrogen and oxygen atoms in total. The first-order valence-electron chi connectivity index (χ1n) is 4.37. The summed E-state index contributed by atoms with van der Waals surface area (Å²) in [5, 5.41) is 18.5. The lowest BCUT2D eigenvalue weighted by Gasteiger charge is -2.12. The molecule has 76 valence electrons. The Kier molecular flexibility index (Phi) is 2.26. The fraction of sp³-hybridized carbons (Fsp3) is 0.444. The second kappa shape index (κ2) is 3.43. The third-order valence-electron chi connectivity index (χ3n) is 2.28. The molecule has 1 aromatic heterocycles. The number of carbonyl (C=O) groups excluding carboxylic acids is 1. The second-order valence-electron chi connectivity index (χ2n) is 3.32. The summed E-state index contributed by atoms with van der Waals surface area (Å²) in [6, 6.07) is 3.18. The number of aliphatic hydroxyl groups excluding tert-OH is 2. The molecule has 1 aromatic rings. The summed E-state index contributed by atoms with van der Waals surface area (Å²) < 4.78 is 4.92. The van der Waals surface area contributed by atoms with Crippen LogP contribution in [0.5, 0.6) is 0 Å². The number of β-amino-alcohol motifs (C(OH)–C–C–N with tert-alkyl or cyclic N) is 2. The molecular formula is C9H11NO4. The summed E-state index contributed by atoms with van der Waals surface area (Å²) >= 11 is 0. The highest BCUT2D eigenvalue weighted by atomic mass is 16.3. The van der Waals surface area contributed by atoms with E-state index in [-0.39, 0.29) is 24.8 Å². The van der Waals surface area contributed by atoms with E-state index in [4.69, 9.17) is 4.42 Å². The highest BCUT2D eigenvalue weighted by Crippen LogP contribution is 2.14. The van der Waals surface area contributed by atoms with Crippen LogP contribution < -0.4 is 0 Å². The van der Waals surface area contributed by atoms with E-state index in [1.807, 2.05) is 0 Å². The van der Waals surface area contributed by atoms with Gasteiger partial charge in [0, 0.05) is 13.1 Å². The lowest BCUT2D eigenvalue weighted by atomic mass is 10.3. The Labute approximate surface area is 80.6 Å². The fourth-order valence-electron chi connectivity index (χ4n) is 1.49. The van der Waals surface area contributed by atoms with E-state index in [2.05, 4.69) is 0 Å². The van der Waals surface area contributed by atoms with E-state index in [1.165, 1.54) is 11.2 Å². The predicted octanol–water partition coefficient (Wildman–Crippen LogP) is -0.543. The van der Waals surface area contributed by atoms with Crippen molar-refractivity contribution >= 4 is 5.91 Å². The average molecular weight is 197 g/mol. The largest absolute Gasteiger partial charge is 0.459 e. The van der Waals surface area contributed by atoms with E-state index >= 15 is 0 Å². The Bertz CT molecular complexity index is 312. The predicted molar refractivity (Wildman–Crippen MR) is 46.6 cm³/mol. The van der Waals surface area contributed by atoms with Crippen LogP contribution in [-0.2, 0) is 0 Å². The molecule has 0 spiro atoms. The van der Waals surface area contributed by atoms with Crippen molar-refractivity contribution in [2.24, 2.45) is 0 Å². The number of hydrogen-bond donors (Lipinski definition) is 2. The zero-order valence-electron chi connectivity index (χ0n) is 7.46. The van der Waals surface area contributed by atoms with Crippen molar-refractivity contribution in [3.63, 3.8) is 0 Å². The summed E-state index contributed by atoms with van der Waals surface area (Å²) in [6.07, 6.45) is -0.293. The van der Waals surface area contributed by atoms with Crippen LogP contribution in [0.3, 0.4) is 0 Å². The Balaban J connectivity index is 2.07. The number of carbonyl (C=O) groups is 1. The van der Waals surface area contributed by atoms with E-state index in [1.54, 1.807) is 12.1 Å². The lowest BCUT2D eigenvalue weighted by molar-refractivity contribution is 0.0572. The summed E-state index contributed by atoms with van der Waals surface area (Å²) in [4.78, 5) is 13.0. The van der Waals surface area contributed by atoms with Crippen molar-refractivity contribution in [3.05, 3.63) is 24.2 Å². The average Bonchev–Trinajstić information content (AvgIpc) is 2.76. The van der Waals surface area contributed by atoms with Gasteiger partial charge in [0.15, 0.2) is 5.76 Å². The topological polar surface area (TPSA) is 73.9 Å². The molecule has 2 rings (SSSR count). The maximum Gasteiger partial charge on any atom is 0.289 e. The molecule has 2 atom stereocenters. The van der Waals surface area contributed by atoms with Crippen LogP contribution in [0.2, 0.25) is 0 Å². The molecule has 1 saturated heterocycles. The van der Waals surface area contributed by atoms with E-state index < -0.39 is 12.2 Å². The SMILES string of the molecule is O=C(c1ccco1)N1CC(O)C(O)C1. The second-order valence-corrected chi connectivity index (χ2v) is 3.32. The van der Waals surface area contributed by atoms with Crippen LogP contribution in [0.4, 0.5) is 0 Å². The van der Waals surface area contributed by atoms with Gasteiger partial charge in [-0.2, -0.15) is 0 Å². The Morgan fingerprint density at radius 1 is 1.43 bits per heavy atom. The first-order valence-corrected chi connectivity index (χ1v) is 4.37. The minimum atomic E-state index is -0.853. The minimum Gasteiger partial charge on any atom is -0.459 e. The molecule has 1 amide bonds. The normalized spacial score (nSPS) is 26.9. The van der Waals surface area contributed by atoms with Gasteiger partial charge < -0.3 is 19.5 Å². The third-order valence-corrected chi connectivity index (χ3v) is 2.28. The van der Waals surface area contributed by atoms with Crippen LogP contribution in [0.15, 0.2) is 22.8 Å². The molecule has 2 N–H and O–H groups in total. The molecule has 0 bridgehead atoms. The van der Waals surface area contributed by atoms with E-state index in [9.17, 15) is 15.0 Å². The van der Waals surface area contributed by atoms with Crippen molar-refractivity contribution in [3.8, 4) is 0 Å². The molecular weight excluding hydrogens is 186 g/mol. The van der Waals surface area contributed by atoms with Crippen LogP contribution in [0.25, 0.3) is 0 Å². The quantitative estimate of drug-likeness (QED) is 0.634. The zero-order valence-corrected chi connectivity index (χ0v) is 7.46. The van der Waals surface area contributed by atoms with Crippen molar-refractivity contribution in [1.29, 1.82) is 0 Å². The summed E-state index contributed by atoms with van der Waals surface area (Å²) in [5.41, 5.74) is 0. The standard InChI is InChI=1S/C9H11NO4/c11-6-4-10(5-7(6)12)9(13)8-2-1-3-14-8/h1-3,6-7,11-12H,4-5H2. The van der Waals surface area contributed by atoms with Gasteiger partial charge in [-0.05, 0) is 12.1 Å². The number of rotatable bonds is 1. The smallest absolute Gasteiger partial charge is 0.289 e. The Hall–Kier alpha value is -1.33. The van der Waals surface area contributed by atoms with Gasteiger partial charge in [0.05, 0.1) is 18.5 Å². The number of likely N-dealkylation sites (tertiary alicyclic amines) is 1. The zero-order chi connectivity index (χ0) is 10.1. The molecule has 0 saturated carbocycles. The highest BCUT2D eigenvalue weighted by Gasteiger charge is 2.33. The van der Waals surface area contributed by atoms with Crippen molar-refractivity contribution in [2.45, 2.75) is 12.2 Å². The maximum absolute atomic E-state index is 11.6. The molecule has 14 heavy (non-hydrogen) atoms. The summed E-state index contributed by atoms with van der Waals surface area (Å²) in [6.45, 7) is 0.307. The number of aliphatic hydroxyl groups is 2. The first-order chi connectivity index (χ1) is 6.68. The number of amides is 1. The third kappa shape index (κ3) is 1.51. The lowest BCUT2D eigenvalue weighted by Crippen LogP contribution is -2.29. The molecule has 5 heteroatoms. The molecule has 1 aliphatic rings. The van der Waals surface area contributed by atoms with Gasteiger partial charge in [-0.25, -0.2) is 0 Å². The molecule has 0 radical (unpaired) electrons. The van der Waals surface area contributed by atoms with E-state index in [0.717, 1.165) is 0 Å². The van der Waals surface area contributed by atoms with Crippen LogP contribution in [0.1, 0.15) is 10.6 Å². The maximum atomic E-state index is 11.6. The van der Waals surface area contributed by atoms with E-state index in [0.29, 0.717) is 0 Å². The van der Waals surface area contributed by atoms with Crippen molar-refractivity contribution in [1.82, 2.24) is 4.90 Å². The van der Waals surface area contributed by atoms with Crippen LogP contribution >= 0.6 is 0 Å². The molecule has 1 fully saturated rings. The van der Waals surface area contributed by atoms with Crippen molar-refractivity contribution in [2.75, 3.05) is 13.1 Å². The summed E-state index contributed by atoms with van der Waals surface area (Å²) in [7, 11) is 0. The molecule has 2 unspecified atom stereocenters. The van der Waals surface area contributed by atoms with Gasteiger partial charge in [-0.15, -0.1) is 0 Å². The number of nitrogens with zero attached hydrogens (tertiary/aromatic N) is 1. The molecule has 1 aliphatic heterocycles. The van der Waals surface area contributed by atoms with Gasteiger partial charge in [-0.3, -0.25) is 4.79 Å². The molecule has 0 aliphatic carbocycles. The van der Waals surface area contributed by atoms with Gasteiger partial charge in [0.2, 0.25) is 0 Å². The highest BCUT2D eigenvalue weighted by molar-refractivity contribution is 5.91. The van der Waals surface area contributed by atoms with Gasteiger partial charge in [0.1, 0.15) is 0 Å². The van der Waals surface area contributed by atoms with Crippen LogP contribution in [0, 0.1) is 0 Å². The van der Waals surface area contributed by atoms with Gasteiger partial charge >= 0.3 is 0 Å². The van der Waals surface area contributed by atoms with Gasteiger partial charge in [-0.1, -0.05) is 0 Å². The minimum absolute atomic E-state index is 0.153.